The number of nitrogens with one attached hydrogen (secondary N) is 3. The molecule has 0 radical (unpaired) electrons. The number of hydrazone groups is 1. The van der Waals surface area contributed by atoms with Crippen molar-refractivity contribution < 1.29 is 9.29 Å². The molecule has 0 saturated carbocycles. The molecule has 1 aromatic rings. The molecule has 1 aliphatic rings. The average molecular weight is 365 g/mol. The number of thiocarbonyl (C=S) groups is 1. The summed E-state index contributed by atoms with van der Waals surface area (Å²) in [6, 6.07) is 5.28. The molecule has 5 nitrogen and oxygen atoms in total. The third-order valence-electron chi connectivity index (χ3n) is 4.41. The second-order valence-corrected chi connectivity index (χ2v) is 6.47. The minimum absolute atomic E-state index is 0.209. The Hall–Kier alpha value is -1.99. The van der Waals surface area contributed by atoms with Crippen LogP contribution in [-0.4, -0.2) is 50.1 Å². The number of piperazine rings is 1. The lowest BCUT2D eigenvalue weighted by molar-refractivity contribution is -0.898. The Kier molecular flexibility index (Phi) is 7.33. The molecule has 0 aromatic heterocycles. The first-order valence-corrected chi connectivity index (χ1v) is 9.03. The predicted octanol–water partition coefficient (Wildman–Crippen LogP) is 0.925. The number of quaternary nitrogens is 1. The fraction of sp³-hybridized carbons (Fsp3) is 0.444. The fourth-order valence-corrected chi connectivity index (χ4v) is 2.94. The molecule has 2 rings (SSSR count). The number of rotatable bonds is 6. The van der Waals surface area contributed by atoms with Crippen LogP contribution in [0.1, 0.15) is 19.4 Å². The van der Waals surface area contributed by atoms with Gasteiger partial charge in [-0.15, -0.1) is 6.58 Å². The van der Waals surface area contributed by atoms with Gasteiger partial charge < -0.3 is 15.1 Å². The highest BCUT2D eigenvalue weighted by Crippen LogP contribution is 2.21. The van der Waals surface area contributed by atoms with Gasteiger partial charge in [0.25, 0.3) is 0 Å². The second-order valence-electron chi connectivity index (χ2n) is 6.06. The van der Waals surface area contributed by atoms with Crippen LogP contribution in [0, 0.1) is 5.82 Å². The van der Waals surface area contributed by atoms with Crippen molar-refractivity contribution in [1.82, 2.24) is 10.7 Å². The SMILES string of the molecule is C=CCNC(=S)N/N=C(/C)c1ccc(N2CC[NH+](CC)CC2)c(F)c1. The van der Waals surface area contributed by atoms with Crippen LogP contribution in [0.15, 0.2) is 36.0 Å². The van der Waals surface area contributed by atoms with Gasteiger partial charge >= 0.3 is 0 Å². The monoisotopic (exact) mass is 364 g/mol. The Morgan fingerprint density at radius 1 is 1.44 bits per heavy atom. The summed E-state index contributed by atoms with van der Waals surface area (Å²) in [5.41, 5.74) is 4.83. The van der Waals surface area contributed by atoms with E-state index in [1.807, 2.05) is 19.1 Å². The zero-order valence-corrected chi connectivity index (χ0v) is 15.8. The molecule has 7 heteroatoms. The quantitative estimate of drug-likeness (QED) is 0.304. The normalized spacial score (nSPS) is 15.8. The summed E-state index contributed by atoms with van der Waals surface area (Å²) < 4.78 is 14.6. The van der Waals surface area contributed by atoms with Crippen LogP contribution in [0.3, 0.4) is 0 Å². The molecule has 0 amide bonds. The molecular formula is C18H27FN5S+. The number of hydrogen-bond acceptors (Lipinski definition) is 3. The molecule has 0 bridgehead atoms. The van der Waals surface area contributed by atoms with E-state index in [0.717, 1.165) is 38.3 Å². The maximum Gasteiger partial charge on any atom is 0.187 e. The maximum absolute atomic E-state index is 14.6. The van der Waals surface area contributed by atoms with Crippen molar-refractivity contribution in [2.45, 2.75) is 13.8 Å². The summed E-state index contributed by atoms with van der Waals surface area (Å²) in [5.74, 6) is -0.209. The molecular weight excluding hydrogens is 337 g/mol. The Balaban J connectivity index is 2.01. The zero-order valence-electron chi connectivity index (χ0n) is 14.9. The molecule has 3 N–H and O–H groups in total. The molecule has 0 aliphatic carbocycles. The van der Waals surface area contributed by atoms with E-state index in [-0.39, 0.29) is 5.82 Å². The van der Waals surface area contributed by atoms with E-state index in [1.165, 1.54) is 6.07 Å². The van der Waals surface area contributed by atoms with Crippen molar-refractivity contribution >= 4 is 28.7 Å². The molecule has 1 fully saturated rings. The molecule has 25 heavy (non-hydrogen) atoms. The number of benzene rings is 1. The molecule has 1 saturated heterocycles. The van der Waals surface area contributed by atoms with Crippen LogP contribution < -0.4 is 20.5 Å². The molecule has 136 valence electrons. The van der Waals surface area contributed by atoms with Crippen LogP contribution in [0.2, 0.25) is 0 Å². The minimum atomic E-state index is -0.209. The first-order chi connectivity index (χ1) is 12.0. The number of halogens is 1. The van der Waals surface area contributed by atoms with Gasteiger partial charge in [-0.2, -0.15) is 5.10 Å². The highest BCUT2D eigenvalue weighted by atomic mass is 32.1. The number of likely N-dealkylation sites (N-methyl/N-ethyl adjacent to an activating group) is 1. The summed E-state index contributed by atoms with van der Waals surface area (Å²) >= 11 is 5.08. The molecule has 1 heterocycles. The van der Waals surface area contributed by atoms with Gasteiger partial charge in [-0.05, 0) is 38.2 Å². The molecule has 0 unspecified atom stereocenters. The second kappa shape index (κ2) is 9.48. The number of hydrogen-bond donors (Lipinski definition) is 3. The van der Waals surface area contributed by atoms with Crippen molar-refractivity contribution in [2.24, 2.45) is 5.10 Å². The van der Waals surface area contributed by atoms with Crippen LogP contribution in [-0.2, 0) is 0 Å². The van der Waals surface area contributed by atoms with Crippen LogP contribution in [0.4, 0.5) is 10.1 Å². The zero-order chi connectivity index (χ0) is 18.2. The topological polar surface area (TPSA) is 44.1 Å². The van der Waals surface area contributed by atoms with Crippen molar-refractivity contribution in [3.63, 3.8) is 0 Å². The summed E-state index contributed by atoms with van der Waals surface area (Å²) in [6.07, 6.45) is 1.71. The van der Waals surface area contributed by atoms with Crippen molar-refractivity contribution in [1.29, 1.82) is 0 Å². The van der Waals surface area contributed by atoms with Gasteiger partial charge in [0.2, 0.25) is 0 Å². The Morgan fingerprint density at radius 3 is 2.76 bits per heavy atom. The predicted molar refractivity (Wildman–Crippen MR) is 106 cm³/mol. The van der Waals surface area contributed by atoms with E-state index in [4.69, 9.17) is 12.2 Å². The van der Waals surface area contributed by atoms with Crippen molar-refractivity contribution in [3.05, 3.63) is 42.2 Å². The fourth-order valence-electron chi connectivity index (χ4n) is 2.81. The number of anilines is 1. The first-order valence-electron chi connectivity index (χ1n) is 8.62. The minimum Gasteiger partial charge on any atom is -0.358 e. The first kappa shape index (κ1) is 19.3. The van der Waals surface area contributed by atoms with Crippen LogP contribution in [0.5, 0.6) is 0 Å². The van der Waals surface area contributed by atoms with E-state index in [9.17, 15) is 4.39 Å². The van der Waals surface area contributed by atoms with E-state index >= 15 is 0 Å². The maximum atomic E-state index is 14.6. The summed E-state index contributed by atoms with van der Waals surface area (Å²) in [7, 11) is 0. The van der Waals surface area contributed by atoms with Gasteiger partial charge in [-0.3, -0.25) is 5.43 Å². The lowest BCUT2D eigenvalue weighted by Crippen LogP contribution is -3.14. The van der Waals surface area contributed by atoms with Gasteiger partial charge in [-0.1, -0.05) is 12.1 Å². The third kappa shape index (κ3) is 5.51. The van der Waals surface area contributed by atoms with Crippen molar-refractivity contribution in [2.75, 3.05) is 44.2 Å². The Labute approximate surface area is 154 Å². The van der Waals surface area contributed by atoms with Crippen LogP contribution in [0.25, 0.3) is 0 Å². The van der Waals surface area contributed by atoms with Gasteiger partial charge in [0.1, 0.15) is 5.82 Å². The van der Waals surface area contributed by atoms with Gasteiger partial charge in [0, 0.05) is 12.1 Å². The van der Waals surface area contributed by atoms with Gasteiger partial charge in [0.05, 0.1) is 44.1 Å². The Bertz CT molecular complexity index is 638. The summed E-state index contributed by atoms with van der Waals surface area (Å²) in [5, 5.41) is 7.53. The molecule has 0 atom stereocenters. The summed E-state index contributed by atoms with van der Waals surface area (Å²) in [6.45, 7) is 13.2. The highest BCUT2D eigenvalue weighted by Gasteiger charge is 2.21. The molecule has 1 aliphatic heterocycles. The Morgan fingerprint density at radius 2 is 2.16 bits per heavy atom. The van der Waals surface area contributed by atoms with Crippen LogP contribution >= 0.6 is 12.2 Å². The highest BCUT2D eigenvalue weighted by molar-refractivity contribution is 7.80. The largest absolute Gasteiger partial charge is 0.358 e. The number of nitrogens with zero attached hydrogens (tertiary/aromatic N) is 2. The summed E-state index contributed by atoms with van der Waals surface area (Å²) in [4.78, 5) is 3.69. The molecule has 1 aromatic carbocycles. The van der Waals surface area contributed by atoms with Gasteiger partial charge in [0.15, 0.2) is 5.11 Å². The molecule has 0 spiro atoms. The van der Waals surface area contributed by atoms with E-state index < -0.39 is 0 Å². The lowest BCUT2D eigenvalue weighted by Gasteiger charge is -2.33. The van der Waals surface area contributed by atoms with Gasteiger partial charge in [-0.25, -0.2) is 4.39 Å². The smallest absolute Gasteiger partial charge is 0.187 e. The standard InChI is InChI=1S/C18H26FN5S/c1-4-8-20-18(25)22-21-14(3)15-6-7-17(16(19)13-15)24-11-9-23(5-2)10-12-24/h4,6-7,13H,1,5,8-12H2,2-3H3,(H2,20,22,25)/p+1/b21-14-. The van der Waals surface area contributed by atoms with E-state index in [0.29, 0.717) is 23.1 Å². The average Bonchev–Trinajstić information content (AvgIpc) is 2.64. The van der Waals surface area contributed by atoms with Crippen molar-refractivity contribution in [3.8, 4) is 0 Å². The van der Waals surface area contributed by atoms with E-state index in [1.54, 1.807) is 11.0 Å². The third-order valence-corrected chi connectivity index (χ3v) is 4.64. The van der Waals surface area contributed by atoms with E-state index in [2.05, 4.69) is 34.2 Å². The lowest BCUT2D eigenvalue weighted by atomic mass is 10.1.